The zero-order valence-electron chi connectivity index (χ0n) is 20.4. The molecule has 0 radical (unpaired) electrons. The second kappa shape index (κ2) is 8.13. The van der Waals surface area contributed by atoms with Gasteiger partial charge in [-0.3, -0.25) is 9.69 Å². The van der Waals surface area contributed by atoms with Crippen molar-refractivity contribution in [1.82, 2.24) is 4.90 Å². The van der Waals surface area contributed by atoms with Gasteiger partial charge in [0.05, 0.1) is 23.5 Å². The number of benzene rings is 1. The first-order valence-corrected chi connectivity index (χ1v) is 11.9. The third kappa shape index (κ3) is 4.24. The van der Waals surface area contributed by atoms with Gasteiger partial charge in [-0.2, -0.15) is 0 Å². The zero-order chi connectivity index (χ0) is 23.4. The first-order chi connectivity index (χ1) is 15.0. The molecule has 1 saturated heterocycles. The van der Waals surface area contributed by atoms with Crippen LogP contribution in [0.2, 0.25) is 0 Å². The quantitative estimate of drug-likeness (QED) is 0.643. The smallest absolute Gasteiger partial charge is 0.414 e. The maximum atomic E-state index is 13.1. The van der Waals surface area contributed by atoms with Crippen LogP contribution in [0.3, 0.4) is 0 Å². The molecule has 2 aliphatic heterocycles. The number of hydrogen-bond acceptors (Lipinski definition) is 4. The van der Waals surface area contributed by atoms with Crippen molar-refractivity contribution in [2.45, 2.75) is 84.4 Å². The van der Waals surface area contributed by atoms with Crippen molar-refractivity contribution in [1.29, 1.82) is 0 Å². The molecule has 174 valence electrons. The van der Waals surface area contributed by atoms with Crippen LogP contribution in [0.4, 0.5) is 16.2 Å². The van der Waals surface area contributed by atoms with Crippen molar-refractivity contribution in [3.05, 3.63) is 36.0 Å². The van der Waals surface area contributed by atoms with Gasteiger partial charge in [0.15, 0.2) is 0 Å². The van der Waals surface area contributed by atoms with E-state index in [0.29, 0.717) is 12.5 Å². The van der Waals surface area contributed by atoms with Crippen molar-refractivity contribution < 1.29 is 14.3 Å². The summed E-state index contributed by atoms with van der Waals surface area (Å²) in [5, 5.41) is 0. The molecule has 1 aliphatic carbocycles. The molecule has 32 heavy (non-hydrogen) atoms. The van der Waals surface area contributed by atoms with Crippen LogP contribution in [0.25, 0.3) is 0 Å². The third-order valence-electron chi connectivity index (χ3n) is 6.71. The highest BCUT2D eigenvalue weighted by Crippen LogP contribution is 2.44. The number of amides is 2. The molecule has 1 aromatic carbocycles. The molecule has 4 rings (SSSR count). The van der Waals surface area contributed by atoms with Crippen molar-refractivity contribution in [2.75, 3.05) is 22.9 Å². The highest BCUT2D eigenvalue weighted by Gasteiger charge is 2.42. The molecule has 0 N–H and O–H groups in total. The molecule has 3 aliphatic rings. The van der Waals surface area contributed by atoms with E-state index >= 15 is 0 Å². The summed E-state index contributed by atoms with van der Waals surface area (Å²) >= 11 is 0. The molecule has 2 fully saturated rings. The molecular weight excluding hydrogens is 402 g/mol. The minimum Gasteiger partial charge on any atom is -0.446 e. The highest BCUT2D eigenvalue weighted by molar-refractivity contribution is 6.04. The Balaban J connectivity index is 1.71. The normalized spacial score (nSPS) is 23.6. The number of hydrogen-bond donors (Lipinski definition) is 0. The summed E-state index contributed by atoms with van der Waals surface area (Å²) < 4.78 is 5.56. The number of nitrogens with zero attached hydrogens (tertiary/aromatic N) is 3. The van der Waals surface area contributed by atoms with Crippen molar-refractivity contribution >= 4 is 23.4 Å². The Morgan fingerprint density at radius 2 is 1.81 bits per heavy atom. The minimum atomic E-state index is -0.351. The van der Waals surface area contributed by atoms with E-state index in [1.807, 2.05) is 31.7 Å². The van der Waals surface area contributed by atoms with Gasteiger partial charge in [-0.25, -0.2) is 4.79 Å². The van der Waals surface area contributed by atoms with Gasteiger partial charge in [-0.1, -0.05) is 12.6 Å². The van der Waals surface area contributed by atoms with Crippen LogP contribution in [0.15, 0.2) is 30.5 Å². The van der Waals surface area contributed by atoms with Gasteiger partial charge in [0.2, 0.25) is 5.91 Å². The lowest BCUT2D eigenvalue weighted by molar-refractivity contribution is -0.120. The molecule has 6 heteroatoms. The van der Waals surface area contributed by atoms with Crippen molar-refractivity contribution in [3.63, 3.8) is 0 Å². The molecule has 1 unspecified atom stereocenters. The van der Waals surface area contributed by atoms with E-state index in [0.717, 1.165) is 42.9 Å². The Hall–Kier alpha value is -2.50. The average Bonchev–Trinajstić information content (AvgIpc) is 3.46. The Bertz CT molecular complexity index is 929. The van der Waals surface area contributed by atoms with Crippen molar-refractivity contribution in [3.8, 4) is 0 Å². The topological polar surface area (TPSA) is 53.1 Å². The molecule has 2 atom stereocenters. The second-order valence-electron chi connectivity index (χ2n) is 10.9. The molecule has 1 saturated carbocycles. The number of allylic oxidation sites excluding steroid dienone is 1. The number of anilines is 2. The molecule has 6 nitrogen and oxygen atoms in total. The van der Waals surface area contributed by atoms with Crippen LogP contribution >= 0.6 is 0 Å². The van der Waals surface area contributed by atoms with E-state index in [9.17, 15) is 9.59 Å². The Labute approximate surface area is 192 Å². The van der Waals surface area contributed by atoms with Gasteiger partial charge in [0.25, 0.3) is 0 Å². The lowest BCUT2D eigenvalue weighted by Crippen LogP contribution is -2.52. The Kier molecular flexibility index (Phi) is 5.76. The summed E-state index contributed by atoms with van der Waals surface area (Å²) in [5.74, 6) is 0.607. The maximum Gasteiger partial charge on any atom is 0.414 e. The predicted molar refractivity (Wildman–Crippen MR) is 128 cm³/mol. The number of carbonyl (C=O) groups excluding carboxylic acids is 2. The number of ether oxygens (including phenoxy) is 1. The SMILES string of the molecule is C=C1CC(c2ccc3c(c2)N(C(=O)OC(C)C)C[C@H](C)N3C(=O)C2CC2)CN1C(C)(C)C. The van der Waals surface area contributed by atoms with Crippen LogP contribution in [0.1, 0.15) is 72.3 Å². The number of rotatable bonds is 3. The molecule has 0 spiro atoms. The van der Waals surface area contributed by atoms with E-state index in [-0.39, 0.29) is 35.6 Å². The van der Waals surface area contributed by atoms with E-state index in [2.05, 4.69) is 44.4 Å². The fraction of sp³-hybridized carbons (Fsp3) is 0.615. The molecule has 2 amide bonds. The number of likely N-dealkylation sites (tertiary alicyclic amines) is 1. The van der Waals surface area contributed by atoms with Gasteiger partial charge in [-0.05, 0) is 78.5 Å². The molecule has 2 heterocycles. The van der Waals surface area contributed by atoms with E-state index in [1.165, 1.54) is 5.56 Å². The first kappa shape index (κ1) is 22.7. The first-order valence-electron chi connectivity index (χ1n) is 11.9. The molecular formula is C26H37N3O3. The van der Waals surface area contributed by atoms with Crippen LogP contribution < -0.4 is 9.80 Å². The zero-order valence-corrected chi connectivity index (χ0v) is 20.4. The van der Waals surface area contributed by atoms with Gasteiger partial charge >= 0.3 is 6.09 Å². The predicted octanol–water partition coefficient (Wildman–Crippen LogP) is 5.28. The molecule has 0 bridgehead atoms. The molecule has 0 aromatic heterocycles. The third-order valence-corrected chi connectivity index (χ3v) is 6.71. The van der Waals surface area contributed by atoms with Gasteiger partial charge < -0.3 is 14.5 Å². The number of carbonyl (C=O) groups is 2. The highest BCUT2D eigenvalue weighted by atomic mass is 16.6. The standard InChI is InChI=1S/C26H37N3O3/c1-16(2)32-25(31)27-14-18(4)29(24(30)19-8-9-19)22-11-10-20(13-23(22)27)21-12-17(3)28(15-21)26(5,6)7/h10-11,13,16,18-19,21H,3,8-9,12,14-15H2,1-2,4-7H3/t18-,21?/m0/s1. The summed E-state index contributed by atoms with van der Waals surface area (Å²) in [6.07, 6.45) is 2.26. The van der Waals surface area contributed by atoms with Crippen molar-refractivity contribution in [2.24, 2.45) is 5.92 Å². The summed E-state index contributed by atoms with van der Waals surface area (Å²) in [6.45, 7) is 18.0. The van der Waals surface area contributed by atoms with Crippen LogP contribution in [0, 0.1) is 5.92 Å². The van der Waals surface area contributed by atoms with E-state index in [4.69, 9.17) is 4.74 Å². The maximum absolute atomic E-state index is 13.1. The van der Waals surface area contributed by atoms with E-state index < -0.39 is 0 Å². The Morgan fingerprint density at radius 3 is 2.38 bits per heavy atom. The summed E-state index contributed by atoms with van der Waals surface area (Å²) in [5.41, 5.74) is 3.94. The average molecular weight is 440 g/mol. The van der Waals surface area contributed by atoms with E-state index in [1.54, 1.807) is 4.90 Å². The van der Waals surface area contributed by atoms with Gasteiger partial charge in [0, 0.05) is 36.2 Å². The fourth-order valence-corrected chi connectivity index (χ4v) is 4.98. The second-order valence-corrected chi connectivity index (χ2v) is 10.9. The van der Waals surface area contributed by atoms with Crippen LogP contribution in [-0.2, 0) is 9.53 Å². The van der Waals surface area contributed by atoms with Crippen LogP contribution in [0.5, 0.6) is 0 Å². The Morgan fingerprint density at radius 1 is 1.12 bits per heavy atom. The van der Waals surface area contributed by atoms with Gasteiger partial charge in [0.1, 0.15) is 0 Å². The fourth-order valence-electron chi connectivity index (χ4n) is 4.98. The lowest BCUT2D eigenvalue weighted by Gasteiger charge is -2.41. The lowest BCUT2D eigenvalue weighted by atomic mass is 9.95. The van der Waals surface area contributed by atoms with Gasteiger partial charge in [-0.15, -0.1) is 0 Å². The number of fused-ring (bicyclic) bond motifs is 1. The summed E-state index contributed by atoms with van der Waals surface area (Å²) in [4.78, 5) is 32.1. The largest absolute Gasteiger partial charge is 0.446 e. The minimum absolute atomic E-state index is 0.0239. The monoisotopic (exact) mass is 439 g/mol. The summed E-state index contributed by atoms with van der Waals surface area (Å²) in [7, 11) is 0. The molecule has 1 aromatic rings. The van der Waals surface area contributed by atoms with Crippen LogP contribution in [-0.4, -0.2) is 47.7 Å². The summed E-state index contributed by atoms with van der Waals surface area (Å²) in [6, 6.07) is 6.16.